The number of aromatic nitrogens is 3. The van der Waals surface area contributed by atoms with Crippen molar-refractivity contribution in [1.82, 2.24) is 20.3 Å². The van der Waals surface area contributed by atoms with Gasteiger partial charge in [0.05, 0.1) is 5.52 Å². The van der Waals surface area contributed by atoms with Crippen molar-refractivity contribution < 1.29 is 14.4 Å². The van der Waals surface area contributed by atoms with Gasteiger partial charge in [-0.3, -0.25) is 19.3 Å². The van der Waals surface area contributed by atoms with Crippen LogP contribution < -0.4 is 10.2 Å². The zero-order valence-corrected chi connectivity index (χ0v) is 21.4. The third kappa shape index (κ3) is 5.68. The van der Waals surface area contributed by atoms with E-state index in [0.717, 1.165) is 16.8 Å². The normalized spacial score (nSPS) is 12.0. The minimum absolute atomic E-state index is 0.0743. The Labute approximate surface area is 213 Å². The molecule has 4 aromatic rings. The predicted octanol–water partition coefficient (Wildman–Crippen LogP) is 4.63. The molecular formula is C27H29N5O3S. The van der Waals surface area contributed by atoms with Crippen molar-refractivity contribution in [3.8, 4) is 0 Å². The molecule has 0 fully saturated rings. The van der Waals surface area contributed by atoms with Gasteiger partial charge >= 0.3 is 0 Å². The third-order valence-corrected chi connectivity index (χ3v) is 6.79. The van der Waals surface area contributed by atoms with Gasteiger partial charge in [0.15, 0.2) is 5.78 Å². The maximum absolute atomic E-state index is 13.9. The smallest absolute Gasteiger partial charge is 0.249 e. The molecule has 8 nitrogen and oxygen atoms in total. The van der Waals surface area contributed by atoms with E-state index < -0.39 is 6.04 Å². The first kappa shape index (κ1) is 25.2. The van der Waals surface area contributed by atoms with E-state index in [0.29, 0.717) is 29.2 Å². The molecule has 0 aliphatic heterocycles. The van der Waals surface area contributed by atoms with Crippen molar-refractivity contribution >= 4 is 45.7 Å². The number of thiophene rings is 1. The largest absolute Gasteiger partial charge is 0.354 e. The first-order chi connectivity index (χ1) is 17.3. The maximum Gasteiger partial charge on any atom is 0.249 e. The Morgan fingerprint density at radius 2 is 1.78 bits per heavy atom. The van der Waals surface area contributed by atoms with Crippen molar-refractivity contribution in [3.05, 3.63) is 76.5 Å². The minimum Gasteiger partial charge on any atom is -0.354 e. The van der Waals surface area contributed by atoms with E-state index in [1.165, 1.54) is 27.8 Å². The monoisotopic (exact) mass is 503 g/mol. The number of ketones is 1. The van der Waals surface area contributed by atoms with Gasteiger partial charge in [-0.25, -0.2) is 4.68 Å². The van der Waals surface area contributed by atoms with Crippen LogP contribution in [0.1, 0.15) is 48.5 Å². The number of carbonyl (C=O) groups excluding carboxylic acids is 3. The summed E-state index contributed by atoms with van der Waals surface area (Å²) in [6, 6.07) is 17.0. The van der Waals surface area contributed by atoms with Gasteiger partial charge in [0.2, 0.25) is 11.8 Å². The van der Waals surface area contributed by atoms with Crippen LogP contribution in [0.5, 0.6) is 0 Å². The second kappa shape index (κ2) is 11.3. The number of nitrogens with one attached hydrogen (secondary N) is 1. The van der Waals surface area contributed by atoms with Crippen LogP contribution in [0.4, 0.5) is 5.69 Å². The van der Waals surface area contributed by atoms with E-state index in [4.69, 9.17) is 0 Å². The van der Waals surface area contributed by atoms with E-state index in [9.17, 15) is 14.4 Å². The number of benzene rings is 2. The average Bonchev–Trinajstić information content (AvgIpc) is 3.53. The van der Waals surface area contributed by atoms with Crippen molar-refractivity contribution in [2.75, 3.05) is 11.4 Å². The fraction of sp³-hybridized carbons (Fsp3) is 0.296. The fourth-order valence-electron chi connectivity index (χ4n) is 3.93. The molecule has 0 radical (unpaired) electrons. The van der Waals surface area contributed by atoms with Crippen molar-refractivity contribution in [2.45, 2.75) is 39.8 Å². The zero-order chi connectivity index (χ0) is 25.7. The molecule has 1 atom stereocenters. The van der Waals surface area contributed by atoms with Crippen LogP contribution in [0.25, 0.3) is 11.0 Å². The highest BCUT2D eigenvalue weighted by molar-refractivity contribution is 7.10. The van der Waals surface area contributed by atoms with Gasteiger partial charge in [-0.1, -0.05) is 37.3 Å². The van der Waals surface area contributed by atoms with Crippen LogP contribution in [-0.2, 0) is 16.1 Å². The molecule has 9 heteroatoms. The van der Waals surface area contributed by atoms with E-state index in [-0.39, 0.29) is 24.1 Å². The average molecular weight is 504 g/mol. The number of hydrogen-bond acceptors (Lipinski definition) is 6. The van der Waals surface area contributed by atoms with Crippen LogP contribution in [0.3, 0.4) is 0 Å². The number of para-hydroxylation sites is 1. The summed E-state index contributed by atoms with van der Waals surface area (Å²) in [4.78, 5) is 41.5. The van der Waals surface area contributed by atoms with Gasteiger partial charge in [-0.2, -0.15) is 0 Å². The topological polar surface area (TPSA) is 97.2 Å². The molecule has 0 spiro atoms. The van der Waals surface area contributed by atoms with E-state index in [2.05, 4.69) is 29.5 Å². The quantitative estimate of drug-likeness (QED) is 0.318. The standard InChI is InChI=1S/C27H29N5O3S/c1-18(2)14-15-28-27(35)26(24-9-6-16-36-24)32(21-12-10-20(11-13-21)19(3)33)25(34)17-31-23-8-5-4-7-22(23)29-30-31/h4-13,16,18,26H,14-15,17H2,1-3H3,(H,28,35)/t26-/m0/s1. The Balaban J connectivity index is 1.73. The van der Waals surface area contributed by atoms with Crippen LogP contribution in [0, 0.1) is 5.92 Å². The highest BCUT2D eigenvalue weighted by atomic mass is 32.1. The third-order valence-electron chi connectivity index (χ3n) is 5.87. The van der Waals surface area contributed by atoms with E-state index in [1.54, 1.807) is 24.3 Å². The number of fused-ring (bicyclic) bond motifs is 1. The molecule has 2 heterocycles. The summed E-state index contributed by atoms with van der Waals surface area (Å²) in [6.45, 7) is 6.09. The number of rotatable bonds is 10. The lowest BCUT2D eigenvalue weighted by molar-refractivity contribution is -0.126. The number of amides is 2. The Bertz CT molecular complexity index is 1350. The number of nitrogens with zero attached hydrogens (tertiary/aromatic N) is 4. The number of Topliss-reactive ketones (excluding diaryl/α,β-unsaturated/α-hetero) is 1. The van der Waals surface area contributed by atoms with Gasteiger partial charge in [-0.15, -0.1) is 16.4 Å². The Kier molecular flexibility index (Phi) is 7.90. The molecule has 36 heavy (non-hydrogen) atoms. The van der Waals surface area contributed by atoms with Crippen molar-refractivity contribution in [3.63, 3.8) is 0 Å². The van der Waals surface area contributed by atoms with Gasteiger partial charge in [0, 0.05) is 22.7 Å². The molecule has 186 valence electrons. The van der Waals surface area contributed by atoms with Gasteiger partial charge in [0.25, 0.3) is 0 Å². The van der Waals surface area contributed by atoms with Crippen LogP contribution in [-0.4, -0.2) is 39.1 Å². The molecule has 0 saturated heterocycles. The highest BCUT2D eigenvalue weighted by Gasteiger charge is 2.34. The molecular weight excluding hydrogens is 474 g/mol. The SMILES string of the molecule is CC(=O)c1ccc(N(C(=O)Cn2nnc3ccccc32)[C@H](C(=O)NCCC(C)C)c2cccs2)cc1. The first-order valence-corrected chi connectivity index (χ1v) is 12.8. The number of anilines is 1. The second-order valence-corrected chi connectivity index (χ2v) is 9.97. The molecule has 2 aromatic carbocycles. The summed E-state index contributed by atoms with van der Waals surface area (Å²) < 4.78 is 1.54. The van der Waals surface area contributed by atoms with Gasteiger partial charge in [-0.05, 0) is 67.1 Å². The first-order valence-electron chi connectivity index (χ1n) is 11.9. The van der Waals surface area contributed by atoms with Gasteiger partial charge in [0.1, 0.15) is 18.1 Å². The van der Waals surface area contributed by atoms with Gasteiger partial charge < -0.3 is 5.32 Å². The Hall–Kier alpha value is -3.85. The Morgan fingerprint density at radius 1 is 1.03 bits per heavy atom. The van der Waals surface area contributed by atoms with Crippen molar-refractivity contribution in [2.24, 2.45) is 5.92 Å². The van der Waals surface area contributed by atoms with Crippen LogP contribution in [0.2, 0.25) is 0 Å². The molecule has 1 N–H and O–H groups in total. The molecule has 0 aliphatic carbocycles. The molecule has 2 aromatic heterocycles. The minimum atomic E-state index is -0.873. The lowest BCUT2D eigenvalue weighted by atomic mass is 10.1. The number of hydrogen-bond donors (Lipinski definition) is 1. The molecule has 2 amide bonds. The molecule has 0 aliphatic rings. The highest BCUT2D eigenvalue weighted by Crippen LogP contribution is 2.31. The van der Waals surface area contributed by atoms with E-state index >= 15 is 0 Å². The molecule has 0 unspecified atom stereocenters. The summed E-state index contributed by atoms with van der Waals surface area (Å²) in [5.41, 5.74) is 2.46. The van der Waals surface area contributed by atoms with Crippen LogP contribution >= 0.6 is 11.3 Å². The maximum atomic E-state index is 13.9. The fourth-order valence-corrected chi connectivity index (χ4v) is 4.75. The zero-order valence-electron chi connectivity index (χ0n) is 20.5. The molecule has 0 saturated carbocycles. The summed E-state index contributed by atoms with van der Waals surface area (Å²) in [5.74, 6) is -0.220. The molecule has 4 rings (SSSR count). The summed E-state index contributed by atoms with van der Waals surface area (Å²) in [6.07, 6.45) is 0.828. The number of carbonyl (C=O) groups is 3. The lowest BCUT2D eigenvalue weighted by Gasteiger charge is -2.31. The predicted molar refractivity (Wildman–Crippen MR) is 141 cm³/mol. The lowest BCUT2D eigenvalue weighted by Crippen LogP contribution is -2.45. The van der Waals surface area contributed by atoms with Crippen LogP contribution in [0.15, 0.2) is 66.0 Å². The molecule has 0 bridgehead atoms. The Morgan fingerprint density at radius 3 is 2.44 bits per heavy atom. The summed E-state index contributed by atoms with van der Waals surface area (Å²) >= 11 is 1.41. The second-order valence-electron chi connectivity index (χ2n) is 8.99. The van der Waals surface area contributed by atoms with Crippen molar-refractivity contribution in [1.29, 1.82) is 0 Å². The van der Waals surface area contributed by atoms with E-state index in [1.807, 2.05) is 41.8 Å². The summed E-state index contributed by atoms with van der Waals surface area (Å²) in [5, 5.41) is 13.2. The summed E-state index contributed by atoms with van der Waals surface area (Å²) in [7, 11) is 0.